The molecule has 0 spiro atoms. The third kappa shape index (κ3) is 4.51. The number of aromatic nitrogens is 2. The number of thioether (sulfide) groups is 1. The Kier molecular flexibility index (Phi) is 5.46. The Morgan fingerprint density at radius 3 is 2.60 bits per heavy atom. The molecule has 0 bridgehead atoms. The first-order valence-corrected chi connectivity index (χ1v) is 7.87. The molecule has 0 aliphatic carbocycles. The summed E-state index contributed by atoms with van der Waals surface area (Å²) in [6, 6.07) is 7.52. The van der Waals surface area contributed by atoms with Crippen molar-refractivity contribution in [1.29, 1.82) is 0 Å². The fourth-order valence-corrected chi connectivity index (χ4v) is 2.61. The van der Waals surface area contributed by atoms with Crippen LogP contribution in [0.5, 0.6) is 0 Å². The van der Waals surface area contributed by atoms with Crippen molar-refractivity contribution in [2.75, 3.05) is 0 Å². The molecule has 108 valence electrons. The van der Waals surface area contributed by atoms with E-state index in [9.17, 15) is 0 Å². The van der Waals surface area contributed by atoms with Gasteiger partial charge < -0.3 is 10.2 Å². The highest BCUT2D eigenvalue weighted by Crippen LogP contribution is 2.25. The van der Waals surface area contributed by atoms with E-state index in [1.165, 1.54) is 11.8 Å². The quantitative estimate of drug-likeness (QED) is 0.815. The van der Waals surface area contributed by atoms with Gasteiger partial charge in [-0.25, -0.2) is 0 Å². The monoisotopic (exact) mass is 311 g/mol. The molecule has 2 rings (SSSR count). The van der Waals surface area contributed by atoms with Crippen LogP contribution < -0.4 is 5.73 Å². The fourth-order valence-electron chi connectivity index (χ4n) is 1.76. The van der Waals surface area contributed by atoms with Gasteiger partial charge in [0.25, 0.3) is 5.22 Å². The lowest BCUT2D eigenvalue weighted by atomic mass is 10.1. The Morgan fingerprint density at radius 1 is 1.25 bits per heavy atom. The summed E-state index contributed by atoms with van der Waals surface area (Å²) in [5.74, 6) is 1.78. The van der Waals surface area contributed by atoms with Crippen molar-refractivity contribution in [2.24, 2.45) is 11.7 Å². The molecular weight excluding hydrogens is 294 g/mol. The van der Waals surface area contributed by atoms with Crippen LogP contribution in [0.3, 0.4) is 0 Å². The Balaban J connectivity index is 1.91. The topological polar surface area (TPSA) is 64.9 Å². The minimum atomic E-state index is -0.188. The molecule has 4 nitrogen and oxygen atoms in total. The molecule has 6 heteroatoms. The summed E-state index contributed by atoms with van der Waals surface area (Å²) < 4.78 is 5.58. The van der Waals surface area contributed by atoms with Crippen molar-refractivity contribution in [3.8, 4) is 0 Å². The lowest BCUT2D eigenvalue weighted by molar-refractivity contribution is 0.361. The molecule has 0 unspecified atom stereocenters. The Bertz CT molecular complexity index is 542. The van der Waals surface area contributed by atoms with Crippen LogP contribution in [0.15, 0.2) is 33.9 Å². The van der Waals surface area contributed by atoms with E-state index in [0.29, 0.717) is 17.0 Å². The summed E-state index contributed by atoms with van der Waals surface area (Å²) >= 11 is 7.34. The molecule has 0 aliphatic rings. The van der Waals surface area contributed by atoms with Crippen molar-refractivity contribution >= 4 is 23.4 Å². The highest BCUT2D eigenvalue weighted by Gasteiger charge is 2.16. The second-order valence-electron chi connectivity index (χ2n) is 5.06. The SMILES string of the molecule is CC(C)C[C@H](N)c1nnc(SCc2ccc(Cl)cc2)o1. The molecule has 1 atom stereocenters. The summed E-state index contributed by atoms with van der Waals surface area (Å²) in [6.07, 6.45) is 0.837. The van der Waals surface area contributed by atoms with Crippen LogP contribution >= 0.6 is 23.4 Å². The van der Waals surface area contributed by atoms with Gasteiger partial charge in [-0.3, -0.25) is 0 Å². The van der Waals surface area contributed by atoms with E-state index in [1.54, 1.807) is 0 Å². The highest BCUT2D eigenvalue weighted by atomic mass is 35.5. The van der Waals surface area contributed by atoms with Gasteiger partial charge in [-0.2, -0.15) is 0 Å². The van der Waals surface area contributed by atoms with E-state index in [1.807, 2.05) is 24.3 Å². The maximum atomic E-state index is 6.01. The standard InChI is InChI=1S/C14H18ClN3OS/c1-9(2)7-12(16)13-17-18-14(19-13)20-8-10-3-5-11(15)6-4-10/h3-6,9,12H,7-8,16H2,1-2H3/t12-/m0/s1. The van der Waals surface area contributed by atoms with Crippen LogP contribution in [0.2, 0.25) is 5.02 Å². The predicted octanol–water partition coefficient (Wildman–Crippen LogP) is 4.06. The smallest absolute Gasteiger partial charge is 0.276 e. The third-order valence-electron chi connectivity index (χ3n) is 2.74. The van der Waals surface area contributed by atoms with Gasteiger partial charge in [-0.05, 0) is 30.0 Å². The number of benzene rings is 1. The van der Waals surface area contributed by atoms with E-state index in [-0.39, 0.29) is 6.04 Å². The highest BCUT2D eigenvalue weighted by molar-refractivity contribution is 7.98. The van der Waals surface area contributed by atoms with Crippen LogP contribution in [-0.4, -0.2) is 10.2 Å². The van der Waals surface area contributed by atoms with Gasteiger partial charge in [0.2, 0.25) is 5.89 Å². The molecule has 1 aromatic carbocycles. The average Bonchev–Trinajstić information content (AvgIpc) is 2.86. The van der Waals surface area contributed by atoms with Crippen LogP contribution in [0.25, 0.3) is 0 Å². The summed E-state index contributed by atoms with van der Waals surface area (Å²) in [4.78, 5) is 0. The van der Waals surface area contributed by atoms with Gasteiger partial charge in [0, 0.05) is 10.8 Å². The van der Waals surface area contributed by atoms with Crippen molar-refractivity contribution in [1.82, 2.24) is 10.2 Å². The van der Waals surface area contributed by atoms with Gasteiger partial charge >= 0.3 is 0 Å². The predicted molar refractivity (Wildman–Crippen MR) is 81.7 cm³/mol. The summed E-state index contributed by atoms with van der Waals surface area (Å²) in [7, 11) is 0. The summed E-state index contributed by atoms with van der Waals surface area (Å²) in [5.41, 5.74) is 7.17. The van der Waals surface area contributed by atoms with E-state index in [2.05, 4.69) is 24.0 Å². The number of halogens is 1. The molecule has 0 fully saturated rings. The second-order valence-corrected chi connectivity index (χ2v) is 6.42. The van der Waals surface area contributed by atoms with Crippen LogP contribution in [0.4, 0.5) is 0 Å². The zero-order chi connectivity index (χ0) is 14.5. The summed E-state index contributed by atoms with van der Waals surface area (Å²) in [5, 5.41) is 9.31. The molecule has 1 heterocycles. The Hall–Kier alpha value is -1.04. The second kappa shape index (κ2) is 7.11. The van der Waals surface area contributed by atoms with Crippen molar-refractivity contribution < 1.29 is 4.42 Å². The van der Waals surface area contributed by atoms with Gasteiger partial charge in [0.1, 0.15) is 0 Å². The van der Waals surface area contributed by atoms with Gasteiger partial charge in [-0.1, -0.05) is 49.3 Å². The van der Waals surface area contributed by atoms with Crippen molar-refractivity contribution in [3.05, 3.63) is 40.7 Å². The van der Waals surface area contributed by atoms with E-state index >= 15 is 0 Å². The molecule has 0 aliphatic heterocycles. The first-order chi connectivity index (χ1) is 9.54. The molecule has 2 aromatic rings. The summed E-state index contributed by atoms with van der Waals surface area (Å²) in [6.45, 7) is 4.23. The van der Waals surface area contributed by atoms with Gasteiger partial charge in [-0.15, -0.1) is 10.2 Å². The molecule has 0 saturated heterocycles. The van der Waals surface area contributed by atoms with Crippen LogP contribution in [-0.2, 0) is 5.75 Å². The van der Waals surface area contributed by atoms with E-state index < -0.39 is 0 Å². The van der Waals surface area contributed by atoms with Crippen molar-refractivity contribution in [2.45, 2.75) is 37.3 Å². The lowest BCUT2D eigenvalue weighted by Crippen LogP contribution is -2.13. The zero-order valence-electron chi connectivity index (χ0n) is 11.5. The maximum absolute atomic E-state index is 6.01. The van der Waals surface area contributed by atoms with Gasteiger partial charge in [0.15, 0.2) is 0 Å². The minimum Gasteiger partial charge on any atom is -0.414 e. The van der Waals surface area contributed by atoms with E-state index in [0.717, 1.165) is 22.8 Å². The number of rotatable bonds is 6. The third-order valence-corrected chi connectivity index (χ3v) is 3.88. The fraction of sp³-hybridized carbons (Fsp3) is 0.429. The molecule has 2 N–H and O–H groups in total. The zero-order valence-corrected chi connectivity index (χ0v) is 13.1. The van der Waals surface area contributed by atoms with Crippen LogP contribution in [0, 0.1) is 5.92 Å². The van der Waals surface area contributed by atoms with Crippen LogP contribution in [0.1, 0.15) is 37.8 Å². The number of hydrogen-bond donors (Lipinski definition) is 1. The number of nitrogens with two attached hydrogens (primary N) is 1. The van der Waals surface area contributed by atoms with E-state index in [4.69, 9.17) is 21.8 Å². The molecule has 0 amide bonds. The molecule has 0 saturated carbocycles. The molecule has 1 aromatic heterocycles. The number of hydrogen-bond acceptors (Lipinski definition) is 5. The molecule has 0 radical (unpaired) electrons. The molecule has 20 heavy (non-hydrogen) atoms. The minimum absolute atomic E-state index is 0.188. The Labute approximate surface area is 128 Å². The normalized spacial score (nSPS) is 12.8. The lowest BCUT2D eigenvalue weighted by Gasteiger charge is -2.08. The van der Waals surface area contributed by atoms with Crippen molar-refractivity contribution in [3.63, 3.8) is 0 Å². The van der Waals surface area contributed by atoms with Gasteiger partial charge in [0.05, 0.1) is 6.04 Å². The first-order valence-electron chi connectivity index (χ1n) is 6.51. The average molecular weight is 312 g/mol. The largest absolute Gasteiger partial charge is 0.414 e. The Morgan fingerprint density at radius 2 is 1.95 bits per heavy atom. The first kappa shape index (κ1) is 15.4. The molecular formula is C14H18ClN3OS. The number of nitrogens with zero attached hydrogens (tertiary/aromatic N) is 2. The maximum Gasteiger partial charge on any atom is 0.276 e.